The van der Waals surface area contributed by atoms with Crippen LogP contribution in [0, 0.1) is 13.8 Å². The van der Waals surface area contributed by atoms with E-state index in [2.05, 4.69) is 26.6 Å². The molecule has 1 aromatic carbocycles. The van der Waals surface area contributed by atoms with Crippen molar-refractivity contribution >= 4 is 33.6 Å². The Kier molecular flexibility index (Phi) is 5.97. The molecule has 0 radical (unpaired) electrons. The molecule has 7 heteroatoms. The molecule has 6 nitrogen and oxygen atoms in total. The van der Waals surface area contributed by atoms with E-state index in [0.29, 0.717) is 5.69 Å². The zero-order valence-corrected chi connectivity index (χ0v) is 13.1. The SMILES string of the molecule is COCC(NC(=O)Nc1c(C)cc(Br)cc1C)C(=O)O. The molecule has 1 atom stereocenters. The van der Waals surface area contributed by atoms with Crippen molar-refractivity contribution < 1.29 is 19.4 Å². The standard InChI is InChI=1S/C13H17BrN2O4/c1-7-4-9(14)5-8(2)11(7)16-13(19)15-10(6-20-3)12(17)18/h4-5,10H,6H2,1-3H3,(H,17,18)(H2,15,16,19). The summed E-state index contributed by atoms with van der Waals surface area (Å²) < 4.78 is 5.67. The molecule has 0 aliphatic carbocycles. The molecule has 0 heterocycles. The van der Waals surface area contributed by atoms with E-state index in [1.807, 2.05) is 26.0 Å². The van der Waals surface area contributed by atoms with E-state index in [4.69, 9.17) is 9.84 Å². The molecule has 1 aromatic rings. The highest BCUT2D eigenvalue weighted by atomic mass is 79.9. The molecule has 1 unspecified atom stereocenters. The lowest BCUT2D eigenvalue weighted by Gasteiger charge is -2.16. The molecule has 0 fully saturated rings. The molecule has 3 N–H and O–H groups in total. The lowest BCUT2D eigenvalue weighted by Crippen LogP contribution is -2.45. The van der Waals surface area contributed by atoms with Crippen LogP contribution in [0.25, 0.3) is 0 Å². The van der Waals surface area contributed by atoms with Crippen molar-refractivity contribution in [1.82, 2.24) is 5.32 Å². The monoisotopic (exact) mass is 344 g/mol. The lowest BCUT2D eigenvalue weighted by atomic mass is 10.1. The normalized spacial score (nSPS) is 11.8. The number of carboxylic acid groups (broad SMARTS) is 1. The van der Waals surface area contributed by atoms with Gasteiger partial charge in [0.2, 0.25) is 0 Å². The van der Waals surface area contributed by atoms with Gasteiger partial charge in [-0.2, -0.15) is 0 Å². The van der Waals surface area contributed by atoms with Crippen molar-refractivity contribution in [2.45, 2.75) is 19.9 Å². The molecule has 20 heavy (non-hydrogen) atoms. The van der Waals surface area contributed by atoms with Crippen molar-refractivity contribution in [3.63, 3.8) is 0 Å². The van der Waals surface area contributed by atoms with Crippen LogP contribution in [0.3, 0.4) is 0 Å². The van der Waals surface area contributed by atoms with Crippen LogP contribution in [-0.2, 0) is 9.53 Å². The summed E-state index contributed by atoms with van der Waals surface area (Å²) in [6.07, 6.45) is 0. The van der Waals surface area contributed by atoms with E-state index in [9.17, 15) is 9.59 Å². The topological polar surface area (TPSA) is 87.7 Å². The first-order chi connectivity index (χ1) is 9.35. The van der Waals surface area contributed by atoms with Crippen LogP contribution in [0.5, 0.6) is 0 Å². The number of urea groups is 1. The van der Waals surface area contributed by atoms with Gasteiger partial charge in [0.05, 0.1) is 6.61 Å². The van der Waals surface area contributed by atoms with Crippen molar-refractivity contribution in [2.75, 3.05) is 19.0 Å². The number of rotatable bonds is 5. The first kappa shape index (κ1) is 16.5. The van der Waals surface area contributed by atoms with E-state index >= 15 is 0 Å². The molecule has 1 rings (SSSR count). The highest BCUT2D eigenvalue weighted by molar-refractivity contribution is 9.10. The number of hydrogen-bond donors (Lipinski definition) is 3. The van der Waals surface area contributed by atoms with Crippen LogP contribution in [0.2, 0.25) is 0 Å². The molecule has 0 aromatic heterocycles. The van der Waals surface area contributed by atoms with E-state index in [-0.39, 0.29) is 6.61 Å². The van der Waals surface area contributed by atoms with Crippen molar-refractivity contribution in [1.29, 1.82) is 0 Å². The second-order valence-corrected chi connectivity index (χ2v) is 5.27. The number of hydrogen-bond acceptors (Lipinski definition) is 3. The third-order valence-corrected chi connectivity index (χ3v) is 3.13. The molecule has 0 aliphatic rings. The van der Waals surface area contributed by atoms with E-state index in [1.54, 1.807) is 0 Å². The van der Waals surface area contributed by atoms with Gasteiger partial charge in [-0.05, 0) is 37.1 Å². The third kappa shape index (κ3) is 4.50. The third-order valence-electron chi connectivity index (χ3n) is 2.67. The Balaban J connectivity index is 2.78. The number of carbonyl (C=O) groups is 2. The summed E-state index contributed by atoms with van der Waals surface area (Å²) >= 11 is 3.37. The van der Waals surface area contributed by atoms with Gasteiger partial charge in [0.15, 0.2) is 6.04 Å². The molecule has 0 spiro atoms. The zero-order chi connectivity index (χ0) is 15.3. The molecule has 0 saturated heterocycles. The van der Waals surface area contributed by atoms with Gasteiger partial charge in [0, 0.05) is 17.3 Å². The Hall–Kier alpha value is -1.60. The smallest absolute Gasteiger partial charge is 0.328 e. The van der Waals surface area contributed by atoms with Crippen LogP contribution >= 0.6 is 15.9 Å². The van der Waals surface area contributed by atoms with Crippen LogP contribution < -0.4 is 10.6 Å². The largest absolute Gasteiger partial charge is 0.480 e. The Labute approximate surface area is 125 Å². The van der Waals surface area contributed by atoms with Gasteiger partial charge in [-0.15, -0.1) is 0 Å². The number of aryl methyl sites for hydroxylation is 2. The number of benzene rings is 1. The Morgan fingerprint density at radius 3 is 2.35 bits per heavy atom. The highest BCUT2D eigenvalue weighted by Crippen LogP contribution is 2.24. The van der Waals surface area contributed by atoms with Crippen molar-refractivity contribution in [3.8, 4) is 0 Å². The van der Waals surface area contributed by atoms with Crippen LogP contribution in [0.4, 0.5) is 10.5 Å². The number of carboxylic acids is 1. The molecular formula is C13H17BrN2O4. The second-order valence-electron chi connectivity index (χ2n) is 4.36. The summed E-state index contributed by atoms with van der Waals surface area (Å²) in [6, 6.07) is 2.07. The van der Waals surface area contributed by atoms with Gasteiger partial charge >= 0.3 is 12.0 Å². The number of aliphatic carboxylic acids is 1. The molecule has 110 valence electrons. The summed E-state index contributed by atoms with van der Waals surface area (Å²) in [4.78, 5) is 22.8. The Morgan fingerprint density at radius 2 is 1.90 bits per heavy atom. The Morgan fingerprint density at radius 1 is 1.35 bits per heavy atom. The minimum atomic E-state index is -1.15. The quantitative estimate of drug-likeness (QED) is 0.764. The number of anilines is 1. The summed E-state index contributed by atoms with van der Waals surface area (Å²) in [7, 11) is 1.37. The molecule has 0 aliphatic heterocycles. The maximum atomic E-state index is 11.8. The average Bonchev–Trinajstić information content (AvgIpc) is 2.33. The van der Waals surface area contributed by atoms with Gasteiger partial charge in [-0.3, -0.25) is 0 Å². The van der Waals surface area contributed by atoms with Crippen LogP contribution in [0.15, 0.2) is 16.6 Å². The van der Waals surface area contributed by atoms with Crippen molar-refractivity contribution in [3.05, 3.63) is 27.7 Å². The summed E-state index contributed by atoms with van der Waals surface area (Å²) in [5, 5.41) is 13.9. The average molecular weight is 345 g/mol. The minimum Gasteiger partial charge on any atom is -0.480 e. The number of nitrogens with one attached hydrogen (secondary N) is 2. The number of amides is 2. The molecule has 2 amide bonds. The number of halogens is 1. The molecule has 0 bridgehead atoms. The lowest BCUT2D eigenvalue weighted by molar-refractivity contribution is -0.140. The van der Waals surface area contributed by atoms with Crippen molar-refractivity contribution in [2.24, 2.45) is 0 Å². The van der Waals surface area contributed by atoms with Crippen LogP contribution in [-0.4, -0.2) is 36.9 Å². The zero-order valence-electron chi connectivity index (χ0n) is 11.5. The number of ether oxygens (including phenoxy) is 1. The molecular weight excluding hydrogens is 328 g/mol. The predicted octanol–water partition coefficient (Wildman–Crippen LogP) is 2.29. The summed E-state index contributed by atoms with van der Waals surface area (Å²) in [5.41, 5.74) is 2.42. The van der Waals surface area contributed by atoms with Crippen LogP contribution in [0.1, 0.15) is 11.1 Å². The maximum absolute atomic E-state index is 11.8. The van der Waals surface area contributed by atoms with E-state index in [0.717, 1.165) is 15.6 Å². The maximum Gasteiger partial charge on any atom is 0.328 e. The second kappa shape index (κ2) is 7.25. The fourth-order valence-corrected chi connectivity index (χ4v) is 2.44. The number of methoxy groups -OCH3 is 1. The van der Waals surface area contributed by atoms with Gasteiger partial charge < -0.3 is 20.5 Å². The Bertz CT molecular complexity index is 496. The first-order valence-corrected chi connectivity index (χ1v) is 6.70. The first-order valence-electron chi connectivity index (χ1n) is 5.91. The molecule has 0 saturated carbocycles. The number of carbonyl (C=O) groups excluding carboxylic acids is 1. The fraction of sp³-hybridized carbons (Fsp3) is 0.385. The summed E-state index contributed by atoms with van der Waals surface area (Å²) in [5.74, 6) is -1.15. The van der Waals surface area contributed by atoms with E-state index < -0.39 is 18.0 Å². The van der Waals surface area contributed by atoms with E-state index in [1.165, 1.54) is 7.11 Å². The van der Waals surface area contributed by atoms with Gasteiger partial charge in [0.1, 0.15) is 0 Å². The predicted molar refractivity (Wildman–Crippen MR) is 79.1 cm³/mol. The van der Waals surface area contributed by atoms with Gasteiger partial charge in [-0.25, -0.2) is 9.59 Å². The summed E-state index contributed by atoms with van der Waals surface area (Å²) in [6.45, 7) is 3.62. The minimum absolute atomic E-state index is 0.0962. The highest BCUT2D eigenvalue weighted by Gasteiger charge is 2.20. The van der Waals surface area contributed by atoms with Gasteiger partial charge in [0.25, 0.3) is 0 Å². The fourth-order valence-electron chi connectivity index (χ4n) is 1.76. The van der Waals surface area contributed by atoms with Gasteiger partial charge in [-0.1, -0.05) is 15.9 Å².